The minimum absolute atomic E-state index is 0.00327. The lowest BCUT2D eigenvalue weighted by molar-refractivity contribution is 0.0988. The van der Waals surface area contributed by atoms with Gasteiger partial charge in [-0.1, -0.05) is 0 Å². The summed E-state index contributed by atoms with van der Waals surface area (Å²) in [6, 6.07) is 8.70. The SMILES string of the molecule is N#CC1C=C(O)C=CC1(N)Oc1ccc(N)cc1. The first-order chi connectivity index (χ1) is 8.53. The molecule has 5 heteroatoms. The maximum atomic E-state index is 9.34. The molecule has 0 fully saturated rings. The number of ether oxygens (including phenoxy) is 1. The summed E-state index contributed by atoms with van der Waals surface area (Å²) in [7, 11) is 0. The van der Waals surface area contributed by atoms with Gasteiger partial charge in [0.05, 0.1) is 6.07 Å². The lowest BCUT2D eigenvalue weighted by Gasteiger charge is -2.31. The molecular weight excluding hydrogens is 230 g/mol. The molecule has 0 aromatic heterocycles. The highest BCUT2D eigenvalue weighted by Gasteiger charge is 2.36. The molecule has 0 spiro atoms. The fourth-order valence-electron chi connectivity index (χ4n) is 1.65. The van der Waals surface area contributed by atoms with Gasteiger partial charge in [0.25, 0.3) is 0 Å². The average molecular weight is 243 g/mol. The van der Waals surface area contributed by atoms with Crippen molar-refractivity contribution < 1.29 is 9.84 Å². The summed E-state index contributed by atoms with van der Waals surface area (Å²) in [5, 5.41) is 18.4. The molecule has 92 valence electrons. The number of nitrogens with two attached hydrogens (primary N) is 2. The zero-order chi connectivity index (χ0) is 13.2. The minimum Gasteiger partial charge on any atom is -0.508 e. The van der Waals surface area contributed by atoms with Crippen molar-refractivity contribution in [2.75, 3.05) is 5.73 Å². The molecule has 2 unspecified atom stereocenters. The summed E-state index contributed by atoms with van der Waals surface area (Å²) < 4.78 is 5.61. The van der Waals surface area contributed by atoms with Crippen molar-refractivity contribution in [3.05, 3.63) is 48.3 Å². The first-order valence-electron chi connectivity index (χ1n) is 5.36. The van der Waals surface area contributed by atoms with E-state index in [0.29, 0.717) is 11.4 Å². The van der Waals surface area contributed by atoms with Crippen molar-refractivity contribution in [3.63, 3.8) is 0 Å². The number of nitrogens with zero attached hydrogens (tertiary/aromatic N) is 1. The predicted molar refractivity (Wildman–Crippen MR) is 67.4 cm³/mol. The number of benzene rings is 1. The Morgan fingerprint density at radius 3 is 2.61 bits per heavy atom. The number of anilines is 1. The van der Waals surface area contributed by atoms with Gasteiger partial charge in [-0.25, -0.2) is 0 Å². The zero-order valence-electron chi connectivity index (χ0n) is 9.58. The number of rotatable bonds is 2. The predicted octanol–water partition coefficient (Wildman–Crippen LogP) is 1.45. The van der Waals surface area contributed by atoms with Crippen LogP contribution in [-0.4, -0.2) is 10.8 Å². The maximum absolute atomic E-state index is 9.34. The van der Waals surface area contributed by atoms with Gasteiger partial charge in [-0.05, 0) is 42.5 Å². The average Bonchev–Trinajstić information content (AvgIpc) is 2.35. The van der Waals surface area contributed by atoms with E-state index in [-0.39, 0.29) is 5.76 Å². The van der Waals surface area contributed by atoms with Gasteiger partial charge in [-0.2, -0.15) is 5.26 Å². The molecule has 1 aliphatic rings. The van der Waals surface area contributed by atoms with Crippen LogP contribution in [-0.2, 0) is 0 Å². The van der Waals surface area contributed by atoms with E-state index in [1.807, 2.05) is 6.07 Å². The summed E-state index contributed by atoms with van der Waals surface area (Å²) in [6.07, 6.45) is 4.23. The second kappa shape index (κ2) is 4.43. The monoisotopic (exact) mass is 243 g/mol. The van der Waals surface area contributed by atoms with Crippen molar-refractivity contribution in [2.24, 2.45) is 11.7 Å². The van der Waals surface area contributed by atoms with Crippen LogP contribution in [0.15, 0.2) is 48.3 Å². The van der Waals surface area contributed by atoms with E-state index in [1.54, 1.807) is 24.3 Å². The summed E-state index contributed by atoms with van der Waals surface area (Å²) in [5.41, 5.74) is 10.9. The van der Waals surface area contributed by atoms with E-state index in [0.717, 1.165) is 0 Å². The molecule has 1 aliphatic carbocycles. The highest BCUT2D eigenvalue weighted by atomic mass is 16.5. The molecular formula is C13H13N3O2. The van der Waals surface area contributed by atoms with Crippen molar-refractivity contribution in [2.45, 2.75) is 5.72 Å². The van der Waals surface area contributed by atoms with Gasteiger partial charge in [-0.3, -0.25) is 5.73 Å². The van der Waals surface area contributed by atoms with E-state index in [9.17, 15) is 5.11 Å². The molecule has 0 bridgehead atoms. The lowest BCUT2D eigenvalue weighted by atomic mass is 9.92. The molecule has 2 rings (SSSR count). The smallest absolute Gasteiger partial charge is 0.197 e. The minimum atomic E-state index is -1.29. The van der Waals surface area contributed by atoms with Gasteiger partial charge >= 0.3 is 0 Å². The van der Waals surface area contributed by atoms with Crippen molar-refractivity contribution >= 4 is 5.69 Å². The number of aliphatic hydroxyl groups excluding tert-OH is 1. The first kappa shape index (κ1) is 12.0. The van der Waals surface area contributed by atoms with Crippen LogP contribution in [0.4, 0.5) is 5.69 Å². The summed E-state index contributed by atoms with van der Waals surface area (Å²) in [5.74, 6) is -0.255. The highest BCUT2D eigenvalue weighted by Crippen LogP contribution is 2.28. The fraction of sp³-hybridized carbons (Fsp3) is 0.154. The van der Waals surface area contributed by atoms with Crippen LogP contribution in [0.3, 0.4) is 0 Å². The van der Waals surface area contributed by atoms with Crippen LogP contribution in [0, 0.1) is 17.2 Å². The first-order valence-corrected chi connectivity index (χ1v) is 5.36. The van der Waals surface area contributed by atoms with Gasteiger partial charge in [0.15, 0.2) is 5.72 Å². The van der Waals surface area contributed by atoms with Crippen LogP contribution in [0.25, 0.3) is 0 Å². The zero-order valence-corrected chi connectivity index (χ0v) is 9.58. The Morgan fingerprint density at radius 2 is 2.00 bits per heavy atom. The van der Waals surface area contributed by atoms with Crippen molar-refractivity contribution in [3.8, 4) is 11.8 Å². The van der Waals surface area contributed by atoms with Crippen LogP contribution in [0.5, 0.6) is 5.75 Å². The molecule has 5 nitrogen and oxygen atoms in total. The van der Waals surface area contributed by atoms with E-state index in [1.165, 1.54) is 18.2 Å². The Labute approximate surface area is 105 Å². The lowest BCUT2D eigenvalue weighted by Crippen LogP contribution is -2.50. The molecule has 2 atom stereocenters. The molecule has 0 amide bonds. The number of hydrogen-bond donors (Lipinski definition) is 3. The molecule has 0 saturated heterocycles. The third-order valence-electron chi connectivity index (χ3n) is 2.65. The van der Waals surface area contributed by atoms with Crippen LogP contribution in [0.1, 0.15) is 0 Å². The van der Waals surface area contributed by atoms with Gasteiger partial charge in [0.1, 0.15) is 17.4 Å². The standard InChI is InChI=1S/C13H13N3O2/c14-8-9-7-11(17)5-6-13(9,16)18-12-3-1-10(15)2-4-12/h1-7,9,17H,15-16H2. The third-order valence-corrected chi connectivity index (χ3v) is 2.65. The quantitative estimate of drug-likeness (QED) is 0.538. The van der Waals surface area contributed by atoms with E-state index in [2.05, 4.69) is 0 Å². The summed E-state index contributed by atoms with van der Waals surface area (Å²) in [6.45, 7) is 0. The summed E-state index contributed by atoms with van der Waals surface area (Å²) >= 11 is 0. The Morgan fingerprint density at radius 1 is 1.33 bits per heavy atom. The van der Waals surface area contributed by atoms with E-state index >= 15 is 0 Å². The highest BCUT2D eigenvalue weighted by molar-refractivity contribution is 5.42. The number of aliphatic hydroxyl groups is 1. The number of nitrogen functional groups attached to an aromatic ring is 1. The normalized spacial score (nSPS) is 26.2. The number of allylic oxidation sites excluding steroid dienone is 1. The molecule has 0 saturated carbocycles. The largest absolute Gasteiger partial charge is 0.508 e. The maximum Gasteiger partial charge on any atom is 0.197 e. The summed E-state index contributed by atoms with van der Waals surface area (Å²) in [4.78, 5) is 0. The molecule has 0 heterocycles. The van der Waals surface area contributed by atoms with Crippen LogP contribution >= 0.6 is 0 Å². The molecule has 5 N–H and O–H groups in total. The van der Waals surface area contributed by atoms with E-state index in [4.69, 9.17) is 21.5 Å². The van der Waals surface area contributed by atoms with Crippen molar-refractivity contribution in [1.29, 1.82) is 5.26 Å². The van der Waals surface area contributed by atoms with Crippen LogP contribution in [0.2, 0.25) is 0 Å². The van der Waals surface area contributed by atoms with Crippen LogP contribution < -0.4 is 16.2 Å². The van der Waals surface area contributed by atoms with Gasteiger partial charge in [0.2, 0.25) is 0 Å². The Balaban J connectivity index is 2.25. The molecule has 18 heavy (non-hydrogen) atoms. The Bertz CT molecular complexity index is 542. The van der Waals surface area contributed by atoms with E-state index < -0.39 is 11.6 Å². The second-order valence-corrected chi connectivity index (χ2v) is 4.06. The third kappa shape index (κ3) is 2.29. The second-order valence-electron chi connectivity index (χ2n) is 4.06. The van der Waals surface area contributed by atoms with Gasteiger partial charge < -0.3 is 15.6 Å². The topological polar surface area (TPSA) is 105 Å². The number of hydrogen-bond acceptors (Lipinski definition) is 5. The molecule has 1 aromatic carbocycles. The fourth-order valence-corrected chi connectivity index (χ4v) is 1.65. The molecule has 1 aromatic rings. The van der Waals surface area contributed by atoms with Gasteiger partial charge in [-0.15, -0.1) is 0 Å². The van der Waals surface area contributed by atoms with Gasteiger partial charge in [0, 0.05) is 5.69 Å². The molecule has 0 radical (unpaired) electrons. The van der Waals surface area contributed by atoms with Crippen molar-refractivity contribution in [1.82, 2.24) is 0 Å². The molecule has 0 aliphatic heterocycles. The number of nitriles is 1. The Kier molecular flexibility index (Phi) is 2.96. The Hall–Kier alpha value is -2.45.